The fourth-order valence-corrected chi connectivity index (χ4v) is 1.54. The molecule has 0 saturated heterocycles. The maximum atomic E-state index is 11.4. The Morgan fingerprint density at radius 2 is 2.27 bits per heavy atom. The number of pyridine rings is 1. The van der Waals surface area contributed by atoms with E-state index in [1.165, 1.54) is 13.2 Å². The second-order valence-corrected chi connectivity index (χ2v) is 3.44. The highest BCUT2D eigenvalue weighted by molar-refractivity contribution is 6.31. The maximum absolute atomic E-state index is 11.4. The number of nitrogens with zero attached hydrogens (tertiary/aromatic N) is 3. The number of ether oxygens (including phenoxy) is 1. The first-order chi connectivity index (χ1) is 7.13. The number of esters is 1. The molecule has 0 unspecified atom stereocenters. The fraction of sp³-hybridized carbons (Fsp3) is 0.222. The van der Waals surface area contributed by atoms with Crippen LogP contribution < -0.4 is 0 Å². The molecule has 0 spiro atoms. The molecule has 0 amide bonds. The van der Waals surface area contributed by atoms with Crippen molar-refractivity contribution >= 4 is 23.2 Å². The average Bonchev–Trinajstić information content (AvgIpc) is 2.58. The van der Waals surface area contributed by atoms with E-state index in [0.717, 1.165) is 0 Å². The quantitative estimate of drug-likeness (QED) is 0.690. The predicted molar refractivity (Wildman–Crippen MR) is 54.1 cm³/mol. The summed E-state index contributed by atoms with van der Waals surface area (Å²) >= 11 is 5.87. The molecule has 0 aliphatic heterocycles. The lowest BCUT2D eigenvalue weighted by atomic mass is 10.2. The normalized spacial score (nSPS) is 10.6. The molecule has 2 aromatic heterocycles. The van der Waals surface area contributed by atoms with Gasteiger partial charge in [0.15, 0.2) is 5.65 Å². The van der Waals surface area contributed by atoms with E-state index in [2.05, 4.69) is 14.9 Å². The van der Waals surface area contributed by atoms with Gasteiger partial charge in [-0.25, -0.2) is 4.79 Å². The van der Waals surface area contributed by atoms with Gasteiger partial charge in [-0.3, -0.25) is 4.40 Å². The predicted octanol–water partition coefficient (Wildman–Crippen LogP) is 1.48. The van der Waals surface area contributed by atoms with Crippen LogP contribution in [0, 0.1) is 6.92 Å². The molecule has 0 bridgehead atoms. The second-order valence-electron chi connectivity index (χ2n) is 3.00. The molecule has 78 valence electrons. The number of carbonyl (C=O) groups excluding carboxylic acids is 1. The number of aryl methyl sites for hydroxylation is 1. The van der Waals surface area contributed by atoms with Gasteiger partial charge >= 0.3 is 5.97 Å². The summed E-state index contributed by atoms with van der Waals surface area (Å²) in [5.41, 5.74) is 0.759. The summed E-state index contributed by atoms with van der Waals surface area (Å²) in [7, 11) is 1.31. The van der Waals surface area contributed by atoms with Crippen molar-refractivity contribution in [2.75, 3.05) is 7.11 Å². The first-order valence-electron chi connectivity index (χ1n) is 4.22. The van der Waals surface area contributed by atoms with Crippen LogP contribution in [0.3, 0.4) is 0 Å². The van der Waals surface area contributed by atoms with Gasteiger partial charge in [0.1, 0.15) is 11.4 Å². The van der Waals surface area contributed by atoms with Crippen LogP contribution in [0.5, 0.6) is 0 Å². The van der Waals surface area contributed by atoms with Crippen LogP contribution in [0.15, 0.2) is 12.3 Å². The van der Waals surface area contributed by atoms with Crippen LogP contribution in [0.1, 0.15) is 16.2 Å². The monoisotopic (exact) mass is 225 g/mol. The summed E-state index contributed by atoms with van der Waals surface area (Å²) < 4.78 is 6.28. The average molecular weight is 226 g/mol. The number of fused-ring (bicyclic) bond motifs is 1. The van der Waals surface area contributed by atoms with Gasteiger partial charge in [0.05, 0.1) is 12.1 Å². The van der Waals surface area contributed by atoms with Crippen LogP contribution >= 0.6 is 11.6 Å². The standard InChI is InChI=1S/C9H8ClN3O2/c1-5-11-12-8-7(9(14)15-2)3-6(10)4-13(5)8/h3-4H,1-2H3. The molecule has 0 radical (unpaired) electrons. The molecule has 0 atom stereocenters. The molecule has 2 aromatic rings. The van der Waals surface area contributed by atoms with Crippen molar-refractivity contribution < 1.29 is 9.53 Å². The van der Waals surface area contributed by atoms with Crippen LogP contribution in [0.4, 0.5) is 0 Å². The Morgan fingerprint density at radius 3 is 2.93 bits per heavy atom. The smallest absolute Gasteiger partial charge is 0.341 e. The molecule has 0 aliphatic carbocycles. The molecule has 6 heteroatoms. The fourth-order valence-electron chi connectivity index (χ4n) is 1.33. The van der Waals surface area contributed by atoms with E-state index in [1.807, 2.05) is 0 Å². The van der Waals surface area contributed by atoms with Crippen LogP contribution in [-0.4, -0.2) is 27.7 Å². The summed E-state index contributed by atoms with van der Waals surface area (Å²) in [5, 5.41) is 8.18. The molecule has 0 N–H and O–H groups in total. The van der Waals surface area contributed by atoms with Crippen molar-refractivity contribution in [1.29, 1.82) is 0 Å². The highest BCUT2D eigenvalue weighted by Gasteiger charge is 2.15. The minimum Gasteiger partial charge on any atom is -0.465 e. The number of rotatable bonds is 1. The van der Waals surface area contributed by atoms with Gasteiger partial charge in [0, 0.05) is 6.20 Å². The third-order valence-electron chi connectivity index (χ3n) is 2.05. The molecule has 0 aliphatic rings. The molecule has 0 fully saturated rings. The van der Waals surface area contributed by atoms with Gasteiger partial charge in [-0.1, -0.05) is 11.6 Å². The molecule has 5 nitrogen and oxygen atoms in total. The van der Waals surface area contributed by atoms with E-state index in [-0.39, 0.29) is 0 Å². The Kier molecular flexibility index (Phi) is 2.32. The highest BCUT2D eigenvalue weighted by atomic mass is 35.5. The van der Waals surface area contributed by atoms with Crippen LogP contribution in [0.2, 0.25) is 5.02 Å². The Bertz CT molecular complexity index is 535. The van der Waals surface area contributed by atoms with Crippen molar-refractivity contribution in [1.82, 2.24) is 14.6 Å². The lowest BCUT2D eigenvalue weighted by Crippen LogP contribution is -2.04. The topological polar surface area (TPSA) is 56.5 Å². The van der Waals surface area contributed by atoms with Gasteiger partial charge in [-0.05, 0) is 13.0 Å². The minimum atomic E-state index is -0.477. The zero-order valence-electron chi connectivity index (χ0n) is 8.19. The summed E-state index contributed by atoms with van der Waals surface area (Å²) in [5.74, 6) is 0.188. The van der Waals surface area contributed by atoms with Crippen molar-refractivity contribution in [3.63, 3.8) is 0 Å². The molecule has 2 heterocycles. The third kappa shape index (κ3) is 1.55. The molecular weight excluding hydrogens is 218 g/mol. The van der Waals surface area contributed by atoms with Crippen molar-refractivity contribution in [3.8, 4) is 0 Å². The van der Waals surface area contributed by atoms with Gasteiger partial charge in [0.2, 0.25) is 0 Å². The Hall–Kier alpha value is -1.62. The number of aromatic nitrogens is 3. The van der Waals surface area contributed by atoms with Crippen molar-refractivity contribution in [2.24, 2.45) is 0 Å². The van der Waals surface area contributed by atoms with Gasteiger partial charge in [-0.2, -0.15) is 0 Å². The summed E-state index contributed by atoms with van der Waals surface area (Å²) in [4.78, 5) is 11.4. The zero-order valence-corrected chi connectivity index (χ0v) is 8.95. The molecule has 15 heavy (non-hydrogen) atoms. The summed E-state index contributed by atoms with van der Waals surface area (Å²) in [6, 6.07) is 1.51. The number of carbonyl (C=O) groups is 1. The number of hydrogen-bond acceptors (Lipinski definition) is 4. The lowest BCUT2D eigenvalue weighted by molar-refractivity contribution is 0.0602. The molecule has 0 aromatic carbocycles. The van der Waals surface area contributed by atoms with Gasteiger partial charge in [0.25, 0.3) is 0 Å². The largest absolute Gasteiger partial charge is 0.465 e. The van der Waals surface area contributed by atoms with E-state index in [9.17, 15) is 4.79 Å². The SMILES string of the molecule is COC(=O)c1cc(Cl)cn2c(C)nnc12. The van der Waals surface area contributed by atoms with Gasteiger partial charge in [-0.15, -0.1) is 10.2 Å². The minimum absolute atomic E-state index is 0.311. The second kappa shape index (κ2) is 3.51. The zero-order chi connectivity index (χ0) is 11.0. The first-order valence-corrected chi connectivity index (χ1v) is 4.60. The van der Waals surface area contributed by atoms with Crippen molar-refractivity contribution in [2.45, 2.75) is 6.92 Å². The van der Waals surface area contributed by atoms with E-state index in [0.29, 0.717) is 22.1 Å². The Labute approximate surface area is 90.6 Å². The summed E-state index contributed by atoms with van der Waals surface area (Å²) in [6.45, 7) is 1.78. The summed E-state index contributed by atoms with van der Waals surface area (Å²) in [6.07, 6.45) is 1.65. The molecule has 0 saturated carbocycles. The lowest BCUT2D eigenvalue weighted by Gasteiger charge is -2.02. The van der Waals surface area contributed by atoms with Gasteiger partial charge < -0.3 is 4.74 Å². The molecular formula is C9H8ClN3O2. The van der Waals surface area contributed by atoms with E-state index < -0.39 is 5.97 Å². The number of methoxy groups -OCH3 is 1. The first kappa shape index (κ1) is 9.92. The Morgan fingerprint density at radius 1 is 1.53 bits per heavy atom. The van der Waals surface area contributed by atoms with Crippen LogP contribution in [-0.2, 0) is 4.74 Å². The number of hydrogen-bond donors (Lipinski definition) is 0. The molecule has 2 rings (SSSR count). The van der Waals surface area contributed by atoms with E-state index in [4.69, 9.17) is 11.6 Å². The van der Waals surface area contributed by atoms with E-state index >= 15 is 0 Å². The van der Waals surface area contributed by atoms with Crippen molar-refractivity contribution in [3.05, 3.63) is 28.7 Å². The van der Waals surface area contributed by atoms with E-state index in [1.54, 1.807) is 17.5 Å². The third-order valence-corrected chi connectivity index (χ3v) is 2.25. The maximum Gasteiger partial charge on any atom is 0.341 e. The number of halogens is 1. The highest BCUT2D eigenvalue weighted by Crippen LogP contribution is 2.17. The van der Waals surface area contributed by atoms with Crippen LogP contribution in [0.25, 0.3) is 5.65 Å². The Balaban J connectivity index is 2.78.